The summed E-state index contributed by atoms with van der Waals surface area (Å²) < 4.78 is 6.87. The molecule has 7 heteroatoms. The number of rotatable bonds is 6. The minimum atomic E-state index is -0.149. The van der Waals surface area contributed by atoms with E-state index in [1.807, 2.05) is 48.7 Å². The molecule has 0 aliphatic rings. The molecule has 0 spiro atoms. The van der Waals surface area contributed by atoms with E-state index in [4.69, 9.17) is 4.74 Å². The van der Waals surface area contributed by atoms with Crippen molar-refractivity contribution in [1.82, 2.24) is 15.3 Å². The van der Waals surface area contributed by atoms with E-state index in [0.29, 0.717) is 24.5 Å². The normalized spacial score (nSPS) is 10.9. The molecule has 0 saturated heterocycles. The van der Waals surface area contributed by atoms with Gasteiger partial charge in [0.2, 0.25) is 0 Å². The van der Waals surface area contributed by atoms with Crippen LogP contribution in [0.3, 0.4) is 0 Å². The molecule has 0 aliphatic carbocycles. The molecule has 5 nitrogen and oxygen atoms in total. The van der Waals surface area contributed by atoms with Crippen molar-refractivity contribution in [2.75, 3.05) is 0 Å². The van der Waals surface area contributed by atoms with E-state index in [-0.39, 0.29) is 5.91 Å². The molecule has 0 fully saturated rings. The summed E-state index contributed by atoms with van der Waals surface area (Å²) in [6.07, 6.45) is 0. The van der Waals surface area contributed by atoms with Gasteiger partial charge in [-0.2, -0.15) is 0 Å². The highest BCUT2D eigenvalue weighted by Gasteiger charge is 2.09. The van der Waals surface area contributed by atoms with Gasteiger partial charge in [0.1, 0.15) is 17.4 Å². The summed E-state index contributed by atoms with van der Waals surface area (Å²) in [6, 6.07) is 15.1. The Morgan fingerprint density at radius 2 is 2.04 bits per heavy atom. The Hall–Kier alpha value is -2.77. The van der Waals surface area contributed by atoms with E-state index in [1.165, 1.54) is 0 Å². The first-order chi connectivity index (χ1) is 13.2. The largest absolute Gasteiger partial charge is 0.487 e. The lowest BCUT2D eigenvalue weighted by Gasteiger charge is -2.07. The maximum atomic E-state index is 12.5. The van der Waals surface area contributed by atoms with Crippen LogP contribution in [0.25, 0.3) is 10.2 Å². The third kappa shape index (κ3) is 4.32. The Morgan fingerprint density at radius 3 is 2.85 bits per heavy atom. The van der Waals surface area contributed by atoms with Gasteiger partial charge in [-0.05, 0) is 37.3 Å². The van der Waals surface area contributed by atoms with Crippen molar-refractivity contribution < 1.29 is 9.53 Å². The van der Waals surface area contributed by atoms with Crippen molar-refractivity contribution in [2.24, 2.45) is 0 Å². The molecule has 27 heavy (non-hydrogen) atoms. The summed E-state index contributed by atoms with van der Waals surface area (Å²) in [5, 5.41) is 6.80. The topological polar surface area (TPSA) is 64.1 Å². The van der Waals surface area contributed by atoms with Gasteiger partial charge in [-0.3, -0.25) is 4.79 Å². The van der Waals surface area contributed by atoms with Crippen LogP contribution >= 0.6 is 22.7 Å². The second-order valence-corrected chi connectivity index (χ2v) is 8.11. The number of hydrogen-bond donors (Lipinski definition) is 1. The van der Waals surface area contributed by atoms with E-state index in [1.54, 1.807) is 34.8 Å². The highest BCUT2D eigenvalue weighted by molar-refractivity contribution is 7.18. The first-order valence-electron chi connectivity index (χ1n) is 8.44. The zero-order valence-electron chi connectivity index (χ0n) is 14.6. The predicted octanol–water partition coefficient (Wildman–Crippen LogP) is 4.57. The van der Waals surface area contributed by atoms with Crippen molar-refractivity contribution in [3.8, 4) is 5.75 Å². The molecule has 4 rings (SSSR count). The second-order valence-electron chi connectivity index (χ2n) is 5.93. The lowest BCUT2D eigenvalue weighted by molar-refractivity contribution is 0.0950. The smallest absolute Gasteiger partial charge is 0.251 e. The molecule has 2 aromatic carbocycles. The summed E-state index contributed by atoms with van der Waals surface area (Å²) in [5.41, 5.74) is 2.41. The van der Waals surface area contributed by atoms with Gasteiger partial charge < -0.3 is 10.1 Å². The van der Waals surface area contributed by atoms with Crippen molar-refractivity contribution in [2.45, 2.75) is 20.1 Å². The second kappa shape index (κ2) is 7.85. The number of carbonyl (C=O) groups is 1. The Balaban J connectivity index is 1.38. The highest BCUT2D eigenvalue weighted by atomic mass is 32.1. The standard InChI is InChI=1S/C20H17N3O2S2/c1-13-22-15(12-26-13)11-25-16-6-4-5-14(9-16)20(24)21-10-19-23-17-7-2-3-8-18(17)27-19/h2-9,12H,10-11H2,1H3,(H,21,24). The van der Waals surface area contributed by atoms with Crippen LogP contribution in [-0.4, -0.2) is 15.9 Å². The third-order valence-corrected chi connectivity index (χ3v) is 5.75. The van der Waals surface area contributed by atoms with Crippen LogP contribution in [0.1, 0.15) is 26.1 Å². The molecule has 0 bridgehead atoms. The molecule has 2 aromatic heterocycles. The number of hydrogen-bond acceptors (Lipinski definition) is 6. The van der Waals surface area contributed by atoms with Crippen LogP contribution < -0.4 is 10.1 Å². The quantitative estimate of drug-likeness (QED) is 0.519. The van der Waals surface area contributed by atoms with Crippen LogP contribution in [-0.2, 0) is 13.2 Å². The Labute approximate surface area is 164 Å². The molecule has 136 valence electrons. The first kappa shape index (κ1) is 17.6. The SMILES string of the molecule is Cc1nc(COc2cccc(C(=O)NCc3nc4ccccc4s3)c2)cs1. The van der Waals surface area contributed by atoms with Crippen molar-refractivity contribution in [3.63, 3.8) is 0 Å². The number of carbonyl (C=O) groups excluding carboxylic acids is 1. The number of thiazole rings is 2. The van der Waals surface area contributed by atoms with E-state index in [0.717, 1.165) is 25.9 Å². The molecule has 2 heterocycles. The minimum absolute atomic E-state index is 0.149. The van der Waals surface area contributed by atoms with E-state index >= 15 is 0 Å². The Bertz CT molecular complexity index is 1050. The lowest BCUT2D eigenvalue weighted by Crippen LogP contribution is -2.22. The first-order valence-corrected chi connectivity index (χ1v) is 10.1. The number of aryl methyl sites for hydroxylation is 1. The molecule has 0 unspecified atom stereocenters. The lowest BCUT2D eigenvalue weighted by atomic mass is 10.2. The summed E-state index contributed by atoms with van der Waals surface area (Å²) in [4.78, 5) is 21.4. The molecule has 0 saturated carbocycles. The number of fused-ring (bicyclic) bond motifs is 1. The number of para-hydroxylation sites is 1. The fraction of sp³-hybridized carbons (Fsp3) is 0.150. The molecule has 0 radical (unpaired) electrons. The summed E-state index contributed by atoms with van der Waals surface area (Å²) in [6.45, 7) is 2.76. The number of nitrogens with one attached hydrogen (secondary N) is 1. The van der Waals surface area contributed by atoms with Gasteiger partial charge in [0.25, 0.3) is 5.91 Å². The average molecular weight is 396 g/mol. The molecule has 0 atom stereocenters. The highest BCUT2D eigenvalue weighted by Crippen LogP contribution is 2.21. The van der Waals surface area contributed by atoms with Crippen molar-refractivity contribution >= 4 is 38.8 Å². The van der Waals surface area contributed by atoms with Crippen LogP contribution in [0.15, 0.2) is 53.9 Å². The predicted molar refractivity (Wildman–Crippen MR) is 108 cm³/mol. The number of benzene rings is 2. The molecular weight excluding hydrogens is 378 g/mol. The van der Waals surface area contributed by atoms with Crippen LogP contribution in [0.4, 0.5) is 0 Å². The van der Waals surface area contributed by atoms with Crippen LogP contribution in [0.5, 0.6) is 5.75 Å². The van der Waals surface area contributed by atoms with Crippen LogP contribution in [0.2, 0.25) is 0 Å². The summed E-state index contributed by atoms with van der Waals surface area (Å²) in [5.74, 6) is 0.498. The van der Waals surface area contributed by atoms with Gasteiger partial charge in [0.15, 0.2) is 0 Å². The monoisotopic (exact) mass is 395 g/mol. The Kier molecular flexibility index (Phi) is 5.13. The van der Waals surface area contributed by atoms with E-state index in [9.17, 15) is 4.79 Å². The number of amides is 1. The van der Waals surface area contributed by atoms with Crippen molar-refractivity contribution in [3.05, 3.63) is 75.2 Å². The van der Waals surface area contributed by atoms with Gasteiger partial charge >= 0.3 is 0 Å². The van der Waals surface area contributed by atoms with Gasteiger partial charge in [0, 0.05) is 10.9 Å². The molecule has 0 aliphatic heterocycles. The maximum Gasteiger partial charge on any atom is 0.251 e. The average Bonchev–Trinajstić information content (AvgIpc) is 3.30. The number of nitrogens with zero attached hydrogens (tertiary/aromatic N) is 2. The van der Waals surface area contributed by atoms with Gasteiger partial charge in [-0.1, -0.05) is 18.2 Å². The summed E-state index contributed by atoms with van der Waals surface area (Å²) in [7, 11) is 0. The van der Waals surface area contributed by atoms with Gasteiger partial charge in [0.05, 0.1) is 27.5 Å². The fourth-order valence-electron chi connectivity index (χ4n) is 2.61. The van der Waals surface area contributed by atoms with Crippen LogP contribution in [0, 0.1) is 6.92 Å². The molecule has 4 aromatic rings. The number of aromatic nitrogens is 2. The van der Waals surface area contributed by atoms with Gasteiger partial charge in [-0.15, -0.1) is 22.7 Å². The van der Waals surface area contributed by atoms with E-state index in [2.05, 4.69) is 15.3 Å². The zero-order chi connectivity index (χ0) is 18.6. The maximum absolute atomic E-state index is 12.5. The Morgan fingerprint density at radius 1 is 1.15 bits per heavy atom. The van der Waals surface area contributed by atoms with E-state index < -0.39 is 0 Å². The fourth-order valence-corrected chi connectivity index (χ4v) is 4.12. The van der Waals surface area contributed by atoms with Gasteiger partial charge in [-0.25, -0.2) is 9.97 Å². The minimum Gasteiger partial charge on any atom is -0.487 e. The summed E-state index contributed by atoms with van der Waals surface area (Å²) >= 11 is 3.18. The zero-order valence-corrected chi connectivity index (χ0v) is 16.3. The third-order valence-electron chi connectivity index (χ3n) is 3.89. The molecule has 1 amide bonds. The number of ether oxygens (including phenoxy) is 1. The molecular formula is C20H17N3O2S2. The van der Waals surface area contributed by atoms with Crippen molar-refractivity contribution in [1.29, 1.82) is 0 Å². The molecule has 1 N–H and O–H groups in total.